The first-order valence-corrected chi connectivity index (χ1v) is 12.1. The predicted octanol–water partition coefficient (Wildman–Crippen LogP) is 5.97. The molecule has 2 aromatic carbocycles. The summed E-state index contributed by atoms with van der Waals surface area (Å²) in [6.45, 7) is 1.54. The zero-order chi connectivity index (χ0) is 25.7. The first kappa shape index (κ1) is 24.4. The molecule has 3 aromatic rings. The van der Waals surface area contributed by atoms with Gasteiger partial charge in [-0.1, -0.05) is 35.9 Å². The number of halogens is 4. The van der Waals surface area contributed by atoms with Crippen LogP contribution < -0.4 is 10.9 Å². The van der Waals surface area contributed by atoms with E-state index >= 15 is 0 Å². The van der Waals surface area contributed by atoms with Crippen LogP contribution in [0.3, 0.4) is 0 Å². The highest BCUT2D eigenvalue weighted by Gasteiger charge is 2.68. The average Bonchev–Trinajstić information content (AvgIpc) is 3.73. The molecule has 186 valence electrons. The maximum Gasteiger partial charge on any atom is 0.403 e. The Morgan fingerprint density at radius 3 is 2.53 bits per heavy atom. The second-order valence-corrected chi connectivity index (χ2v) is 9.95. The average molecular weight is 514 g/mol. The number of aromatic nitrogens is 2. The van der Waals surface area contributed by atoms with Crippen molar-refractivity contribution in [3.05, 3.63) is 80.6 Å². The second-order valence-electron chi connectivity index (χ2n) is 9.54. The summed E-state index contributed by atoms with van der Waals surface area (Å²) in [6.07, 6.45) is -2.69. The van der Waals surface area contributed by atoms with Crippen molar-refractivity contribution in [2.45, 2.75) is 51.2 Å². The lowest BCUT2D eigenvalue weighted by molar-refractivity contribution is -0.192. The molecule has 5 rings (SSSR count). The summed E-state index contributed by atoms with van der Waals surface area (Å²) in [4.78, 5) is 33.7. The summed E-state index contributed by atoms with van der Waals surface area (Å²) < 4.78 is 39.7. The normalized spacial score (nSPS) is 16.5. The summed E-state index contributed by atoms with van der Waals surface area (Å²) in [5.41, 5.74) is 1.16. The van der Waals surface area contributed by atoms with Gasteiger partial charge in [0.15, 0.2) is 5.82 Å². The van der Waals surface area contributed by atoms with Crippen molar-refractivity contribution in [2.75, 3.05) is 0 Å². The highest BCUT2D eigenvalue weighted by atomic mass is 35.5. The van der Waals surface area contributed by atoms with Crippen LogP contribution in [0.15, 0.2) is 53.3 Å². The molecule has 36 heavy (non-hydrogen) atoms. The topological polar surface area (TPSA) is 72.0 Å². The molecule has 1 aromatic heterocycles. The smallest absolute Gasteiger partial charge is 0.351 e. The number of alkyl halides is 3. The van der Waals surface area contributed by atoms with E-state index in [-0.39, 0.29) is 30.2 Å². The summed E-state index contributed by atoms with van der Waals surface area (Å²) >= 11 is 6.43. The van der Waals surface area contributed by atoms with Gasteiger partial charge in [-0.15, -0.1) is 0 Å². The van der Waals surface area contributed by atoms with E-state index in [9.17, 15) is 22.8 Å². The zero-order valence-corrected chi connectivity index (χ0v) is 20.2. The molecule has 0 unspecified atom stereocenters. The van der Waals surface area contributed by atoms with Gasteiger partial charge in [-0.2, -0.15) is 18.2 Å². The second kappa shape index (κ2) is 9.00. The van der Waals surface area contributed by atoms with E-state index in [1.165, 1.54) is 5.56 Å². The number of amides is 1. The van der Waals surface area contributed by atoms with Crippen molar-refractivity contribution in [2.24, 2.45) is 5.41 Å². The third-order valence-corrected chi connectivity index (χ3v) is 7.14. The van der Waals surface area contributed by atoms with Gasteiger partial charge in [0.05, 0.1) is 10.7 Å². The van der Waals surface area contributed by atoms with E-state index in [0.29, 0.717) is 28.3 Å². The van der Waals surface area contributed by atoms with Crippen LogP contribution >= 0.6 is 11.6 Å². The molecule has 5 nitrogen and oxygen atoms in total. The van der Waals surface area contributed by atoms with Crippen LogP contribution in [0.1, 0.15) is 48.3 Å². The molecule has 1 N–H and O–H groups in total. The molecular formula is C27H23ClF3N3O2. The molecule has 1 heterocycles. The molecule has 1 amide bonds. The maximum atomic E-state index is 13.2. The number of aryl methyl sites for hydroxylation is 1. The molecule has 0 aliphatic heterocycles. The Morgan fingerprint density at radius 1 is 1.11 bits per heavy atom. The Kier molecular flexibility index (Phi) is 6.11. The van der Waals surface area contributed by atoms with Crippen LogP contribution in [0, 0.1) is 12.3 Å². The van der Waals surface area contributed by atoms with E-state index in [4.69, 9.17) is 11.6 Å². The SMILES string of the molecule is Cc1cc(-c2cccc(C3CC3)c2)nc(-c2cc(CNC(=O)C3(C(F)(F)F)CC3)ccc2Cl)nc1=O. The van der Waals surface area contributed by atoms with E-state index in [0.717, 1.165) is 18.4 Å². The van der Waals surface area contributed by atoms with Gasteiger partial charge >= 0.3 is 6.18 Å². The van der Waals surface area contributed by atoms with Crippen LogP contribution in [0.4, 0.5) is 13.2 Å². The molecule has 0 radical (unpaired) electrons. The van der Waals surface area contributed by atoms with E-state index in [1.807, 2.05) is 12.1 Å². The van der Waals surface area contributed by atoms with Crippen molar-refractivity contribution in [3.63, 3.8) is 0 Å². The highest BCUT2D eigenvalue weighted by molar-refractivity contribution is 6.33. The number of hydrogen-bond donors (Lipinski definition) is 1. The lowest BCUT2D eigenvalue weighted by atomic mass is 10.0. The number of benzene rings is 2. The van der Waals surface area contributed by atoms with E-state index < -0.39 is 23.1 Å². The van der Waals surface area contributed by atoms with Gasteiger partial charge < -0.3 is 5.32 Å². The molecule has 2 aliphatic rings. The number of nitrogens with one attached hydrogen (secondary N) is 1. The zero-order valence-electron chi connectivity index (χ0n) is 19.5. The quantitative estimate of drug-likeness (QED) is 0.441. The number of carbonyl (C=O) groups excluding carboxylic acids is 1. The first-order valence-electron chi connectivity index (χ1n) is 11.7. The summed E-state index contributed by atoms with van der Waals surface area (Å²) in [6, 6.07) is 14.5. The fraction of sp³-hybridized carbons (Fsp3) is 0.333. The van der Waals surface area contributed by atoms with Gasteiger partial charge in [0, 0.05) is 23.2 Å². The lowest BCUT2D eigenvalue weighted by Crippen LogP contribution is -2.40. The van der Waals surface area contributed by atoms with Crippen molar-refractivity contribution >= 4 is 17.5 Å². The molecule has 0 atom stereocenters. The highest BCUT2D eigenvalue weighted by Crippen LogP contribution is 2.57. The van der Waals surface area contributed by atoms with Gasteiger partial charge in [-0.3, -0.25) is 9.59 Å². The fourth-order valence-corrected chi connectivity index (χ4v) is 4.43. The lowest BCUT2D eigenvalue weighted by Gasteiger charge is -2.18. The number of carbonyl (C=O) groups is 1. The first-order chi connectivity index (χ1) is 17.1. The third-order valence-electron chi connectivity index (χ3n) is 6.81. The molecule has 0 bridgehead atoms. The van der Waals surface area contributed by atoms with Crippen molar-refractivity contribution in [1.29, 1.82) is 0 Å². The summed E-state index contributed by atoms with van der Waals surface area (Å²) in [7, 11) is 0. The van der Waals surface area contributed by atoms with Crippen molar-refractivity contribution in [1.82, 2.24) is 15.3 Å². The molecule has 2 fully saturated rings. The molecule has 2 saturated carbocycles. The Balaban J connectivity index is 1.47. The molecule has 0 saturated heterocycles. The van der Waals surface area contributed by atoms with Gasteiger partial charge in [0.1, 0.15) is 5.41 Å². The Morgan fingerprint density at radius 2 is 1.86 bits per heavy atom. The number of rotatable bonds is 6. The fourth-order valence-electron chi connectivity index (χ4n) is 4.23. The van der Waals surface area contributed by atoms with Gasteiger partial charge in [0.25, 0.3) is 5.56 Å². The Labute approximate surface area is 210 Å². The summed E-state index contributed by atoms with van der Waals surface area (Å²) in [5.74, 6) is -0.388. The van der Waals surface area contributed by atoms with Crippen LogP contribution in [0.5, 0.6) is 0 Å². The maximum absolute atomic E-state index is 13.2. The van der Waals surface area contributed by atoms with E-state index in [2.05, 4.69) is 27.4 Å². The minimum atomic E-state index is -4.58. The van der Waals surface area contributed by atoms with Gasteiger partial charge in [0.2, 0.25) is 5.91 Å². The summed E-state index contributed by atoms with van der Waals surface area (Å²) in [5, 5.41) is 2.67. The van der Waals surface area contributed by atoms with Crippen LogP contribution in [-0.2, 0) is 11.3 Å². The molecule has 2 aliphatic carbocycles. The monoisotopic (exact) mass is 513 g/mol. The number of hydrogen-bond acceptors (Lipinski definition) is 4. The minimum absolute atomic E-state index is 0.104. The number of nitrogens with zero attached hydrogens (tertiary/aromatic N) is 2. The Bertz CT molecular complexity index is 1420. The van der Waals surface area contributed by atoms with Gasteiger partial charge in [-0.25, -0.2) is 4.98 Å². The Hall–Kier alpha value is -3.26. The van der Waals surface area contributed by atoms with Crippen molar-refractivity contribution < 1.29 is 18.0 Å². The van der Waals surface area contributed by atoms with Crippen molar-refractivity contribution in [3.8, 4) is 22.6 Å². The predicted molar refractivity (Wildman–Crippen MR) is 130 cm³/mol. The standard InChI is InChI=1S/C27H23ClF3N3O2/c1-15-11-22(19-4-2-3-18(13-19)17-6-7-17)33-23(34-24(15)35)20-12-16(5-8-21(20)28)14-32-25(36)26(9-10-26)27(29,30)31/h2-5,8,11-13,17H,6-7,9-10,14H2,1H3,(H,32,36). The van der Waals surface area contributed by atoms with Crippen LogP contribution in [0.25, 0.3) is 22.6 Å². The largest absolute Gasteiger partial charge is 0.403 e. The molecular weight excluding hydrogens is 491 g/mol. The van der Waals surface area contributed by atoms with Crippen LogP contribution in [-0.4, -0.2) is 22.1 Å². The molecule has 0 spiro atoms. The van der Waals surface area contributed by atoms with Gasteiger partial charge in [-0.05, 0) is 73.9 Å². The third kappa shape index (κ3) is 4.74. The molecule has 9 heteroatoms. The van der Waals surface area contributed by atoms with Crippen LogP contribution in [0.2, 0.25) is 5.02 Å². The van der Waals surface area contributed by atoms with E-state index in [1.54, 1.807) is 31.2 Å². The minimum Gasteiger partial charge on any atom is -0.351 e.